The van der Waals surface area contributed by atoms with Gasteiger partial charge in [-0.05, 0) is 26.2 Å². The normalized spacial score (nSPS) is 33.0. The van der Waals surface area contributed by atoms with Crippen LogP contribution in [0.1, 0.15) is 39.0 Å². The molecule has 2 aliphatic heterocycles. The highest BCUT2D eigenvalue weighted by Crippen LogP contribution is 2.42. The van der Waals surface area contributed by atoms with Crippen molar-refractivity contribution < 1.29 is 19.1 Å². The smallest absolute Gasteiger partial charge is 0.330 e. The zero-order chi connectivity index (χ0) is 14.3. The summed E-state index contributed by atoms with van der Waals surface area (Å²) >= 11 is 0. The Morgan fingerprint density at radius 3 is 2.60 bits per heavy atom. The topological polar surface area (TPSA) is 75.7 Å². The highest BCUT2D eigenvalue weighted by molar-refractivity contribution is 6.19. The molecule has 2 heterocycles. The molecule has 0 aromatic heterocycles. The summed E-state index contributed by atoms with van der Waals surface area (Å²) in [7, 11) is 0. The minimum absolute atomic E-state index is 0.0488. The molecule has 2 saturated heterocycles. The first-order valence-corrected chi connectivity index (χ1v) is 7.33. The number of urea groups is 1. The number of imide groups is 2. The zero-order valence-electron chi connectivity index (χ0n) is 11.7. The molecular formula is C14H20N2O4. The Balaban J connectivity index is 1.81. The van der Waals surface area contributed by atoms with E-state index in [9.17, 15) is 14.4 Å². The van der Waals surface area contributed by atoms with Gasteiger partial charge in [0.1, 0.15) is 5.41 Å². The Kier molecular flexibility index (Phi) is 3.28. The van der Waals surface area contributed by atoms with Crippen molar-refractivity contribution in [3.8, 4) is 0 Å². The quantitative estimate of drug-likeness (QED) is 0.767. The predicted molar refractivity (Wildman–Crippen MR) is 69.7 cm³/mol. The van der Waals surface area contributed by atoms with E-state index in [1.165, 1.54) is 4.90 Å². The third-order valence-corrected chi connectivity index (χ3v) is 4.96. The summed E-state index contributed by atoms with van der Waals surface area (Å²) < 4.78 is 5.48. The first kappa shape index (κ1) is 13.5. The largest absolute Gasteiger partial charge is 0.378 e. The van der Waals surface area contributed by atoms with Gasteiger partial charge in [-0.1, -0.05) is 12.8 Å². The van der Waals surface area contributed by atoms with Crippen molar-refractivity contribution >= 4 is 17.8 Å². The Labute approximate surface area is 117 Å². The molecule has 3 rings (SSSR count). The Morgan fingerprint density at radius 1 is 1.30 bits per heavy atom. The van der Waals surface area contributed by atoms with E-state index in [-0.39, 0.29) is 17.9 Å². The number of nitrogens with one attached hydrogen (secondary N) is 1. The number of nitrogens with zero attached hydrogens (tertiary/aromatic N) is 1. The molecule has 2 atom stereocenters. The van der Waals surface area contributed by atoms with Crippen LogP contribution >= 0.6 is 0 Å². The van der Waals surface area contributed by atoms with Gasteiger partial charge in [0.2, 0.25) is 11.8 Å². The number of hydrogen-bond acceptors (Lipinski definition) is 4. The van der Waals surface area contributed by atoms with Crippen LogP contribution < -0.4 is 5.32 Å². The maximum atomic E-state index is 12.7. The van der Waals surface area contributed by atoms with Crippen molar-refractivity contribution in [3.63, 3.8) is 0 Å². The molecule has 0 bridgehead atoms. The molecule has 0 aromatic rings. The highest BCUT2D eigenvalue weighted by atomic mass is 16.5. The summed E-state index contributed by atoms with van der Waals surface area (Å²) in [6.07, 6.45) is 3.73. The molecule has 6 heteroatoms. The Hall–Kier alpha value is -1.43. The van der Waals surface area contributed by atoms with Crippen LogP contribution in [0.2, 0.25) is 0 Å². The highest BCUT2D eigenvalue weighted by Gasteiger charge is 2.55. The van der Waals surface area contributed by atoms with E-state index in [0.717, 1.165) is 19.3 Å². The Bertz CT molecular complexity index is 456. The Morgan fingerprint density at radius 2 is 2.00 bits per heavy atom. The minimum Gasteiger partial charge on any atom is -0.378 e. The summed E-state index contributed by atoms with van der Waals surface area (Å²) in [5.41, 5.74) is -0.989. The van der Waals surface area contributed by atoms with Crippen molar-refractivity contribution in [2.75, 3.05) is 13.2 Å². The lowest BCUT2D eigenvalue weighted by atomic mass is 9.81. The van der Waals surface area contributed by atoms with Gasteiger partial charge >= 0.3 is 6.03 Å². The van der Waals surface area contributed by atoms with Crippen molar-refractivity contribution in [1.29, 1.82) is 0 Å². The van der Waals surface area contributed by atoms with Gasteiger partial charge in [0.15, 0.2) is 0 Å². The van der Waals surface area contributed by atoms with E-state index >= 15 is 0 Å². The van der Waals surface area contributed by atoms with Gasteiger partial charge in [-0.15, -0.1) is 0 Å². The molecule has 1 aliphatic carbocycles. The number of carbonyl (C=O) groups is 3. The molecule has 110 valence electrons. The fourth-order valence-electron chi connectivity index (χ4n) is 3.57. The lowest BCUT2D eigenvalue weighted by Gasteiger charge is -2.38. The zero-order valence-corrected chi connectivity index (χ0v) is 11.7. The van der Waals surface area contributed by atoms with Crippen LogP contribution in [0.15, 0.2) is 0 Å². The maximum Gasteiger partial charge on any atom is 0.330 e. The van der Waals surface area contributed by atoms with E-state index in [1.54, 1.807) is 0 Å². The monoisotopic (exact) mass is 280 g/mol. The molecular weight excluding hydrogens is 260 g/mol. The van der Waals surface area contributed by atoms with Crippen LogP contribution in [0.3, 0.4) is 0 Å². The summed E-state index contributed by atoms with van der Waals surface area (Å²) in [4.78, 5) is 38.0. The van der Waals surface area contributed by atoms with Crippen molar-refractivity contribution in [3.05, 3.63) is 0 Å². The molecule has 1 spiro atoms. The third-order valence-electron chi connectivity index (χ3n) is 4.96. The van der Waals surface area contributed by atoms with Crippen LogP contribution in [0.4, 0.5) is 4.79 Å². The summed E-state index contributed by atoms with van der Waals surface area (Å²) in [5, 5.41) is 2.37. The van der Waals surface area contributed by atoms with Gasteiger partial charge < -0.3 is 4.74 Å². The molecule has 4 amide bonds. The first-order valence-electron chi connectivity index (χ1n) is 7.33. The summed E-state index contributed by atoms with van der Waals surface area (Å²) in [6.45, 7) is 2.97. The average Bonchev–Trinajstić information content (AvgIpc) is 3.03. The van der Waals surface area contributed by atoms with E-state index in [0.29, 0.717) is 26.0 Å². The molecule has 3 fully saturated rings. The van der Waals surface area contributed by atoms with E-state index in [2.05, 4.69) is 5.32 Å². The SMILES string of the molecule is CC1OCCC1CN1C(=O)NC(=O)C2(CCCC2)C1=O. The molecule has 20 heavy (non-hydrogen) atoms. The molecule has 6 nitrogen and oxygen atoms in total. The van der Waals surface area contributed by atoms with E-state index in [4.69, 9.17) is 4.74 Å². The minimum atomic E-state index is -0.989. The second kappa shape index (κ2) is 4.84. The number of ether oxygens (including phenoxy) is 1. The van der Waals surface area contributed by atoms with Crippen LogP contribution in [0.5, 0.6) is 0 Å². The van der Waals surface area contributed by atoms with Gasteiger partial charge in [-0.3, -0.25) is 19.8 Å². The number of hydrogen-bond donors (Lipinski definition) is 1. The second-order valence-electron chi connectivity index (χ2n) is 6.09. The predicted octanol–water partition coefficient (Wildman–Crippen LogP) is 1.05. The standard InChI is InChI=1S/C14H20N2O4/c1-9-10(4-7-20-9)8-16-12(18)14(5-2-3-6-14)11(17)15-13(16)19/h9-10H,2-8H2,1H3,(H,15,17,19). The third kappa shape index (κ3) is 1.93. The molecule has 1 N–H and O–H groups in total. The molecule has 0 aromatic carbocycles. The van der Waals surface area contributed by atoms with Gasteiger partial charge in [0.25, 0.3) is 0 Å². The summed E-state index contributed by atoms with van der Waals surface area (Å²) in [5.74, 6) is -0.545. The van der Waals surface area contributed by atoms with Crippen LogP contribution in [-0.4, -0.2) is 42.0 Å². The van der Waals surface area contributed by atoms with Crippen molar-refractivity contribution in [1.82, 2.24) is 10.2 Å². The van der Waals surface area contributed by atoms with Crippen molar-refractivity contribution in [2.45, 2.75) is 45.1 Å². The number of rotatable bonds is 2. The average molecular weight is 280 g/mol. The summed E-state index contributed by atoms with van der Waals surface area (Å²) in [6, 6.07) is -0.573. The molecule has 0 radical (unpaired) electrons. The van der Waals surface area contributed by atoms with E-state index < -0.39 is 17.4 Å². The van der Waals surface area contributed by atoms with Crippen LogP contribution in [0.25, 0.3) is 0 Å². The first-order chi connectivity index (χ1) is 9.54. The molecule has 1 saturated carbocycles. The van der Waals surface area contributed by atoms with Crippen LogP contribution in [-0.2, 0) is 14.3 Å². The van der Waals surface area contributed by atoms with Gasteiger partial charge in [-0.25, -0.2) is 4.79 Å². The van der Waals surface area contributed by atoms with Gasteiger partial charge in [0.05, 0.1) is 6.10 Å². The fraction of sp³-hybridized carbons (Fsp3) is 0.786. The number of carbonyl (C=O) groups excluding carboxylic acids is 3. The fourth-order valence-corrected chi connectivity index (χ4v) is 3.57. The number of amides is 4. The van der Waals surface area contributed by atoms with Gasteiger partial charge in [-0.2, -0.15) is 0 Å². The maximum absolute atomic E-state index is 12.7. The van der Waals surface area contributed by atoms with E-state index in [1.807, 2.05) is 6.92 Å². The lowest BCUT2D eigenvalue weighted by molar-refractivity contribution is -0.151. The van der Waals surface area contributed by atoms with Gasteiger partial charge in [0, 0.05) is 19.1 Å². The molecule has 3 aliphatic rings. The second-order valence-corrected chi connectivity index (χ2v) is 6.09. The van der Waals surface area contributed by atoms with Crippen LogP contribution in [0, 0.1) is 11.3 Å². The number of barbiturate groups is 1. The molecule has 2 unspecified atom stereocenters. The van der Waals surface area contributed by atoms with Crippen molar-refractivity contribution in [2.24, 2.45) is 11.3 Å². The lowest BCUT2D eigenvalue weighted by Crippen LogP contribution is -2.63.